The second kappa shape index (κ2) is 3.13. The summed E-state index contributed by atoms with van der Waals surface area (Å²) in [5.41, 5.74) is 0.193. The van der Waals surface area contributed by atoms with E-state index in [1.54, 1.807) is 0 Å². The van der Waals surface area contributed by atoms with Gasteiger partial charge in [-0.2, -0.15) is 8.42 Å². The molecule has 6 nitrogen and oxygen atoms in total. The van der Waals surface area contributed by atoms with Gasteiger partial charge in [0.2, 0.25) is 0 Å². The minimum Gasteiger partial charge on any atom is -0.288 e. The van der Waals surface area contributed by atoms with Gasteiger partial charge in [0.15, 0.2) is 0 Å². The van der Waals surface area contributed by atoms with E-state index in [1.807, 2.05) is 5.32 Å². The Balaban J connectivity index is 2.81. The van der Waals surface area contributed by atoms with Crippen LogP contribution < -0.4 is 5.32 Å². The molecule has 2 amide bonds. The van der Waals surface area contributed by atoms with Crippen LogP contribution >= 0.6 is 0 Å². The number of amides is 2. The average Bonchev–Trinajstić information content (AvgIpc) is 2.41. The molecule has 0 spiro atoms. The van der Waals surface area contributed by atoms with Crippen LogP contribution in [0.3, 0.4) is 0 Å². The topological polar surface area (TPSA) is 101 Å². The average molecular weight is 241 g/mol. The van der Waals surface area contributed by atoms with E-state index in [0.29, 0.717) is 0 Å². The number of rotatable bonds is 1. The van der Waals surface area contributed by atoms with Crippen LogP contribution in [0.15, 0.2) is 17.0 Å². The zero-order chi connectivity index (χ0) is 12.1. The fraction of sp³-hybridized carbons (Fsp3) is 0.111. The first-order valence-electron chi connectivity index (χ1n) is 4.29. The first-order chi connectivity index (χ1) is 7.32. The van der Waals surface area contributed by atoms with Crippen LogP contribution in [-0.4, -0.2) is 24.8 Å². The summed E-state index contributed by atoms with van der Waals surface area (Å²) in [6.45, 7) is 1.36. The zero-order valence-electron chi connectivity index (χ0n) is 8.14. The Morgan fingerprint density at radius 2 is 1.81 bits per heavy atom. The molecule has 0 fully saturated rings. The van der Waals surface area contributed by atoms with E-state index >= 15 is 0 Å². The summed E-state index contributed by atoms with van der Waals surface area (Å²) in [5, 5.41) is 2.05. The quantitative estimate of drug-likeness (QED) is 0.537. The molecule has 0 saturated heterocycles. The third kappa shape index (κ3) is 1.41. The van der Waals surface area contributed by atoms with E-state index in [1.165, 1.54) is 13.0 Å². The van der Waals surface area contributed by atoms with E-state index in [-0.39, 0.29) is 21.6 Å². The van der Waals surface area contributed by atoms with Gasteiger partial charge in [-0.25, -0.2) is 0 Å². The van der Waals surface area contributed by atoms with Crippen molar-refractivity contribution in [2.75, 3.05) is 0 Å². The summed E-state index contributed by atoms with van der Waals surface area (Å²) in [7, 11) is -4.39. The maximum atomic E-state index is 11.4. The van der Waals surface area contributed by atoms with Gasteiger partial charge in [-0.1, -0.05) is 0 Å². The lowest BCUT2D eigenvalue weighted by molar-refractivity contribution is 0.0879. The molecule has 0 saturated carbocycles. The summed E-state index contributed by atoms with van der Waals surface area (Å²) >= 11 is 0. The number of hydrogen-bond acceptors (Lipinski definition) is 4. The SMILES string of the molecule is Cc1c(S(=O)(=O)O)ccc2c1C(=O)NC2=O. The van der Waals surface area contributed by atoms with Gasteiger partial charge in [0.25, 0.3) is 21.9 Å². The van der Waals surface area contributed by atoms with Gasteiger partial charge in [-0.05, 0) is 24.6 Å². The molecule has 2 rings (SSSR count). The van der Waals surface area contributed by atoms with Gasteiger partial charge < -0.3 is 0 Å². The Bertz CT molecular complexity index is 617. The normalized spacial score (nSPS) is 14.9. The molecule has 2 N–H and O–H groups in total. The minimum atomic E-state index is -4.39. The lowest BCUT2D eigenvalue weighted by Crippen LogP contribution is -2.20. The fourth-order valence-corrected chi connectivity index (χ4v) is 2.42. The number of fused-ring (bicyclic) bond motifs is 1. The van der Waals surface area contributed by atoms with Gasteiger partial charge in [-0.15, -0.1) is 0 Å². The Morgan fingerprint density at radius 1 is 1.19 bits per heavy atom. The zero-order valence-corrected chi connectivity index (χ0v) is 8.96. The predicted octanol–water partition coefficient (Wildman–Crippen LogP) is 0.125. The lowest BCUT2D eigenvalue weighted by atomic mass is 10.0. The number of carbonyl (C=O) groups excluding carboxylic acids is 2. The summed E-state index contributed by atoms with van der Waals surface area (Å²) in [4.78, 5) is 22.2. The van der Waals surface area contributed by atoms with E-state index in [4.69, 9.17) is 4.55 Å². The Hall–Kier alpha value is -1.73. The van der Waals surface area contributed by atoms with Crippen LogP contribution in [0.1, 0.15) is 26.3 Å². The highest BCUT2D eigenvalue weighted by atomic mass is 32.2. The van der Waals surface area contributed by atoms with Crippen LogP contribution in [0.25, 0.3) is 0 Å². The van der Waals surface area contributed by atoms with Crippen molar-refractivity contribution in [3.05, 3.63) is 28.8 Å². The Morgan fingerprint density at radius 3 is 2.38 bits per heavy atom. The molecule has 1 aromatic carbocycles. The second-order valence-electron chi connectivity index (χ2n) is 3.37. The van der Waals surface area contributed by atoms with E-state index in [9.17, 15) is 18.0 Å². The molecule has 1 aromatic rings. The molecule has 84 valence electrons. The van der Waals surface area contributed by atoms with Crippen molar-refractivity contribution in [2.24, 2.45) is 0 Å². The number of imide groups is 1. The van der Waals surface area contributed by atoms with Crippen molar-refractivity contribution < 1.29 is 22.6 Å². The van der Waals surface area contributed by atoms with E-state index in [0.717, 1.165) is 6.07 Å². The van der Waals surface area contributed by atoms with Crippen molar-refractivity contribution in [3.63, 3.8) is 0 Å². The molecular weight excluding hydrogens is 234 g/mol. The molecular formula is C9H7NO5S. The third-order valence-corrected chi connectivity index (χ3v) is 3.39. The van der Waals surface area contributed by atoms with Crippen LogP contribution in [0.2, 0.25) is 0 Å². The molecule has 1 aliphatic rings. The molecule has 16 heavy (non-hydrogen) atoms. The number of carbonyl (C=O) groups is 2. The summed E-state index contributed by atoms with van der Waals surface area (Å²) in [6, 6.07) is 2.30. The van der Waals surface area contributed by atoms with Crippen LogP contribution in [0.5, 0.6) is 0 Å². The maximum Gasteiger partial charge on any atom is 0.294 e. The van der Waals surface area contributed by atoms with Gasteiger partial charge >= 0.3 is 0 Å². The Labute approximate surface area is 91.0 Å². The van der Waals surface area contributed by atoms with Gasteiger partial charge in [0.1, 0.15) is 0 Å². The highest BCUT2D eigenvalue weighted by Gasteiger charge is 2.31. The van der Waals surface area contributed by atoms with E-state index in [2.05, 4.69) is 0 Å². The third-order valence-electron chi connectivity index (χ3n) is 2.39. The predicted molar refractivity (Wildman–Crippen MR) is 52.8 cm³/mol. The monoisotopic (exact) mass is 241 g/mol. The molecule has 0 radical (unpaired) electrons. The van der Waals surface area contributed by atoms with Crippen molar-refractivity contribution in [1.29, 1.82) is 0 Å². The number of nitrogens with one attached hydrogen (secondary N) is 1. The highest BCUT2D eigenvalue weighted by Crippen LogP contribution is 2.25. The fourth-order valence-electron chi connectivity index (χ4n) is 1.69. The van der Waals surface area contributed by atoms with Gasteiger partial charge in [-0.3, -0.25) is 19.5 Å². The van der Waals surface area contributed by atoms with Gasteiger partial charge in [0.05, 0.1) is 16.0 Å². The molecule has 0 atom stereocenters. The van der Waals surface area contributed by atoms with Gasteiger partial charge in [0, 0.05) is 0 Å². The molecule has 7 heteroatoms. The molecule has 1 heterocycles. The molecule has 1 aliphatic heterocycles. The number of benzene rings is 1. The smallest absolute Gasteiger partial charge is 0.288 e. The highest BCUT2D eigenvalue weighted by molar-refractivity contribution is 7.85. The molecule has 0 bridgehead atoms. The minimum absolute atomic E-state index is 0.000116. The molecule has 0 aliphatic carbocycles. The van der Waals surface area contributed by atoms with Crippen LogP contribution in [0.4, 0.5) is 0 Å². The maximum absolute atomic E-state index is 11.4. The lowest BCUT2D eigenvalue weighted by Gasteiger charge is -2.05. The summed E-state index contributed by atoms with van der Waals surface area (Å²) in [6.07, 6.45) is 0. The summed E-state index contributed by atoms with van der Waals surface area (Å²) in [5.74, 6) is -1.21. The first-order valence-corrected chi connectivity index (χ1v) is 5.73. The molecule has 0 unspecified atom stereocenters. The van der Waals surface area contributed by atoms with Crippen LogP contribution in [0, 0.1) is 6.92 Å². The summed E-state index contributed by atoms with van der Waals surface area (Å²) < 4.78 is 30.9. The molecule has 0 aromatic heterocycles. The van der Waals surface area contributed by atoms with Crippen molar-refractivity contribution in [2.45, 2.75) is 11.8 Å². The Kier molecular flexibility index (Phi) is 2.11. The second-order valence-corrected chi connectivity index (χ2v) is 4.76. The largest absolute Gasteiger partial charge is 0.294 e. The van der Waals surface area contributed by atoms with Crippen LogP contribution in [-0.2, 0) is 10.1 Å². The van der Waals surface area contributed by atoms with Crippen molar-refractivity contribution in [1.82, 2.24) is 5.32 Å². The van der Waals surface area contributed by atoms with E-state index < -0.39 is 21.9 Å². The van der Waals surface area contributed by atoms with Crippen molar-refractivity contribution >= 4 is 21.9 Å². The standard InChI is InChI=1S/C9H7NO5S/c1-4-6(16(13,14)15)3-2-5-7(4)9(12)10-8(5)11/h2-3H,1H3,(H,10,11,12)(H,13,14,15). The number of hydrogen-bond donors (Lipinski definition) is 2. The van der Waals surface area contributed by atoms with Crippen molar-refractivity contribution in [3.8, 4) is 0 Å². The first kappa shape index (κ1) is 10.8.